The number of pyridine rings is 1. The zero-order chi connectivity index (χ0) is 20.3. The lowest BCUT2D eigenvalue weighted by atomic mass is 10.1. The fourth-order valence-electron chi connectivity index (χ4n) is 2.76. The zero-order valence-corrected chi connectivity index (χ0v) is 15.1. The van der Waals surface area contributed by atoms with Crippen LogP contribution in [-0.2, 0) is 0 Å². The van der Waals surface area contributed by atoms with Crippen molar-refractivity contribution in [1.82, 2.24) is 4.57 Å². The number of para-hydroxylation sites is 1. The molecule has 8 nitrogen and oxygen atoms in total. The number of nitrogens with zero attached hydrogens (tertiary/aromatic N) is 1. The van der Waals surface area contributed by atoms with Crippen LogP contribution in [-0.4, -0.2) is 28.3 Å². The van der Waals surface area contributed by atoms with Gasteiger partial charge in [-0.1, -0.05) is 19.1 Å². The van der Waals surface area contributed by atoms with Crippen molar-refractivity contribution in [2.24, 2.45) is 0 Å². The van der Waals surface area contributed by atoms with Gasteiger partial charge < -0.3 is 20.9 Å². The van der Waals surface area contributed by atoms with Crippen LogP contribution >= 0.6 is 0 Å². The summed E-state index contributed by atoms with van der Waals surface area (Å²) in [6.07, 6.45) is 1.80. The number of benzene rings is 2. The molecule has 144 valence electrons. The van der Waals surface area contributed by atoms with Crippen molar-refractivity contribution in [2.45, 2.75) is 13.3 Å². The molecule has 0 bridgehead atoms. The maximum absolute atomic E-state index is 12.9. The number of carbonyl (C=O) groups is 2. The summed E-state index contributed by atoms with van der Waals surface area (Å²) >= 11 is 0. The van der Waals surface area contributed by atoms with E-state index in [1.807, 2.05) is 6.92 Å². The van der Waals surface area contributed by atoms with Crippen LogP contribution < -0.4 is 21.2 Å². The predicted octanol–water partition coefficient (Wildman–Crippen LogP) is 3.15. The van der Waals surface area contributed by atoms with Crippen molar-refractivity contribution < 1.29 is 19.4 Å². The number of rotatable bonds is 5. The Bertz CT molecular complexity index is 1120. The third-order valence-electron chi connectivity index (χ3n) is 4.07. The molecule has 1 aromatic heterocycles. The minimum atomic E-state index is -1.41. The van der Waals surface area contributed by atoms with Crippen molar-refractivity contribution in [2.75, 3.05) is 17.7 Å². The number of anilines is 2. The van der Waals surface area contributed by atoms with Gasteiger partial charge in [0, 0.05) is 17.3 Å². The van der Waals surface area contributed by atoms with E-state index in [2.05, 4.69) is 5.32 Å². The van der Waals surface area contributed by atoms with Crippen molar-refractivity contribution in [3.63, 3.8) is 0 Å². The Hall–Kier alpha value is -3.81. The van der Waals surface area contributed by atoms with Gasteiger partial charge in [-0.25, -0.2) is 9.59 Å². The minimum Gasteiger partial charge on any atom is -0.491 e. The van der Waals surface area contributed by atoms with Gasteiger partial charge in [0.25, 0.3) is 0 Å². The molecule has 0 unspecified atom stereocenters. The second kappa shape index (κ2) is 7.83. The van der Waals surface area contributed by atoms with Crippen LogP contribution in [0, 0.1) is 0 Å². The van der Waals surface area contributed by atoms with Gasteiger partial charge in [-0.3, -0.25) is 9.36 Å². The Morgan fingerprint density at radius 3 is 2.68 bits per heavy atom. The number of nitrogen functional groups attached to an aromatic ring is 1. The molecule has 0 atom stereocenters. The molecular formula is C20H19N3O5. The number of hydrogen-bond donors (Lipinski definition) is 3. The summed E-state index contributed by atoms with van der Waals surface area (Å²) in [5, 5.41) is 12.1. The SMILES string of the molecule is CCCOc1ccc(N)cc1NC(=O)n1cc(C(=O)O)c(=O)c2ccccc21. The Kier molecular flexibility index (Phi) is 5.30. The molecule has 0 fully saturated rings. The summed E-state index contributed by atoms with van der Waals surface area (Å²) in [4.78, 5) is 36.7. The molecule has 0 saturated carbocycles. The fraction of sp³-hybridized carbons (Fsp3) is 0.150. The highest BCUT2D eigenvalue weighted by atomic mass is 16.5. The molecule has 3 aromatic rings. The van der Waals surface area contributed by atoms with Crippen molar-refractivity contribution in [3.8, 4) is 5.75 Å². The van der Waals surface area contributed by atoms with E-state index in [1.54, 1.807) is 36.4 Å². The highest BCUT2D eigenvalue weighted by molar-refractivity contribution is 6.01. The molecule has 0 saturated heterocycles. The summed E-state index contributed by atoms with van der Waals surface area (Å²) in [5.41, 5.74) is 5.72. The second-order valence-corrected chi connectivity index (χ2v) is 6.10. The number of hydrogen-bond acceptors (Lipinski definition) is 5. The summed E-state index contributed by atoms with van der Waals surface area (Å²) in [6.45, 7) is 2.41. The lowest BCUT2D eigenvalue weighted by Crippen LogP contribution is -2.26. The molecule has 2 aromatic carbocycles. The number of ether oxygens (including phenoxy) is 1. The van der Waals surface area contributed by atoms with Gasteiger partial charge in [0.15, 0.2) is 0 Å². The third-order valence-corrected chi connectivity index (χ3v) is 4.07. The van der Waals surface area contributed by atoms with Gasteiger partial charge in [-0.15, -0.1) is 0 Å². The molecule has 28 heavy (non-hydrogen) atoms. The molecule has 1 amide bonds. The second-order valence-electron chi connectivity index (χ2n) is 6.10. The molecule has 3 rings (SSSR count). The predicted molar refractivity (Wildman–Crippen MR) is 106 cm³/mol. The molecule has 8 heteroatoms. The minimum absolute atomic E-state index is 0.132. The van der Waals surface area contributed by atoms with Crippen LogP contribution in [0.1, 0.15) is 23.7 Å². The van der Waals surface area contributed by atoms with E-state index in [0.717, 1.165) is 17.2 Å². The average molecular weight is 381 g/mol. The van der Waals surface area contributed by atoms with Gasteiger partial charge >= 0.3 is 12.0 Å². The highest BCUT2D eigenvalue weighted by Gasteiger charge is 2.18. The molecule has 0 aliphatic carbocycles. The maximum Gasteiger partial charge on any atom is 0.341 e. The van der Waals surface area contributed by atoms with E-state index in [0.29, 0.717) is 23.7 Å². The Morgan fingerprint density at radius 2 is 1.96 bits per heavy atom. The highest BCUT2D eigenvalue weighted by Crippen LogP contribution is 2.27. The topological polar surface area (TPSA) is 124 Å². The molecular weight excluding hydrogens is 362 g/mol. The Morgan fingerprint density at radius 1 is 1.21 bits per heavy atom. The summed E-state index contributed by atoms with van der Waals surface area (Å²) in [6, 6.07) is 10.5. The average Bonchev–Trinajstić information content (AvgIpc) is 2.67. The first-order valence-corrected chi connectivity index (χ1v) is 8.63. The van der Waals surface area contributed by atoms with Crippen LogP contribution in [0.2, 0.25) is 0 Å². The normalized spacial score (nSPS) is 10.6. The van der Waals surface area contributed by atoms with E-state index >= 15 is 0 Å². The first kappa shape index (κ1) is 19.0. The number of aromatic nitrogens is 1. The van der Waals surface area contributed by atoms with Crippen molar-refractivity contribution in [1.29, 1.82) is 0 Å². The van der Waals surface area contributed by atoms with E-state index in [1.165, 1.54) is 6.07 Å². The third kappa shape index (κ3) is 3.66. The van der Waals surface area contributed by atoms with Gasteiger partial charge in [0.05, 0.1) is 17.8 Å². The van der Waals surface area contributed by atoms with Crippen LogP contribution in [0.3, 0.4) is 0 Å². The van der Waals surface area contributed by atoms with Crippen LogP contribution in [0.25, 0.3) is 10.9 Å². The number of nitrogens with one attached hydrogen (secondary N) is 1. The summed E-state index contributed by atoms with van der Waals surface area (Å²) < 4.78 is 6.71. The standard InChI is InChI=1S/C20H19N3O5/c1-2-9-28-17-8-7-12(21)10-15(17)22-20(27)23-11-14(19(25)26)18(24)13-5-3-4-6-16(13)23/h3-8,10-11H,2,9,21H2,1H3,(H,22,27)(H,25,26). The maximum atomic E-state index is 12.9. The van der Waals surface area contributed by atoms with E-state index in [4.69, 9.17) is 10.5 Å². The fourth-order valence-corrected chi connectivity index (χ4v) is 2.76. The zero-order valence-electron chi connectivity index (χ0n) is 15.1. The lowest BCUT2D eigenvalue weighted by molar-refractivity contribution is 0.0695. The number of carboxylic acids is 1. The number of amides is 1. The molecule has 0 radical (unpaired) electrons. The number of nitrogens with two attached hydrogens (primary N) is 1. The number of fused-ring (bicyclic) bond motifs is 1. The first-order valence-electron chi connectivity index (χ1n) is 8.63. The largest absolute Gasteiger partial charge is 0.491 e. The lowest BCUT2D eigenvalue weighted by Gasteiger charge is -2.15. The van der Waals surface area contributed by atoms with Crippen LogP contribution in [0.5, 0.6) is 5.75 Å². The monoisotopic (exact) mass is 381 g/mol. The first-order chi connectivity index (χ1) is 13.4. The van der Waals surface area contributed by atoms with Gasteiger partial charge in [-0.05, 0) is 36.8 Å². The smallest absolute Gasteiger partial charge is 0.341 e. The molecule has 1 heterocycles. The Balaban J connectivity index is 2.08. The number of carbonyl (C=O) groups excluding carboxylic acids is 1. The van der Waals surface area contributed by atoms with E-state index in [9.17, 15) is 19.5 Å². The van der Waals surface area contributed by atoms with Crippen LogP contribution in [0.15, 0.2) is 53.5 Å². The number of aromatic carboxylic acids is 1. The Labute approximate surface area is 160 Å². The molecule has 0 aliphatic heterocycles. The molecule has 0 spiro atoms. The summed E-state index contributed by atoms with van der Waals surface area (Å²) in [7, 11) is 0. The van der Waals surface area contributed by atoms with E-state index < -0.39 is 23.0 Å². The van der Waals surface area contributed by atoms with Gasteiger partial charge in [0.2, 0.25) is 5.43 Å². The van der Waals surface area contributed by atoms with Crippen molar-refractivity contribution >= 4 is 34.3 Å². The molecule has 0 aliphatic rings. The van der Waals surface area contributed by atoms with E-state index in [-0.39, 0.29) is 10.9 Å². The van der Waals surface area contributed by atoms with Crippen molar-refractivity contribution in [3.05, 3.63) is 64.4 Å². The van der Waals surface area contributed by atoms with Crippen LogP contribution in [0.4, 0.5) is 16.2 Å². The quantitative estimate of drug-likeness (QED) is 0.583. The van der Waals surface area contributed by atoms with Gasteiger partial charge in [-0.2, -0.15) is 0 Å². The number of carboxylic acid groups (broad SMARTS) is 1. The molecule has 4 N–H and O–H groups in total. The van der Waals surface area contributed by atoms with Gasteiger partial charge in [0.1, 0.15) is 11.3 Å². The summed E-state index contributed by atoms with van der Waals surface area (Å²) in [5.74, 6) is -0.971.